The molecule has 0 heterocycles. The smallest absolute Gasteiger partial charge is 0.0345 e. The molecule has 0 saturated carbocycles. The van der Waals surface area contributed by atoms with E-state index in [0.717, 1.165) is 12.8 Å². The van der Waals surface area contributed by atoms with Crippen molar-refractivity contribution >= 4 is 16.3 Å². The number of hydrogen-bond acceptors (Lipinski definition) is 1. The lowest BCUT2D eigenvalue weighted by molar-refractivity contribution is 0.420. The molecule has 1 unspecified atom stereocenters. The van der Waals surface area contributed by atoms with Crippen molar-refractivity contribution in [3.63, 3.8) is 0 Å². The molecule has 2 aliphatic carbocycles. The van der Waals surface area contributed by atoms with Gasteiger partial charge < -0.3 is 5.73 Å². The lowest BCUT2D eigenvalue weighted by Crippen LogP contribution is -2.27. The monoisotopic (exact) mass is 275 g/mol. The van der Waals surface area contributed by atoms with Gasteiger partial charge in [-0.2, -0.15) is 0 Å². The molecule has 0 amide bonds. The van der Waals surface area contributed by atoms with Gasteiger partial charge in [-0.05, 0) is 45.7 Å². The number of fused-ring (bicyclic) bond motifs is 4. The summed E-state index contributed by atoms with van der Waals surface area (Å²) in [5.41, 5.74) is 12.4. The largest absolute Gasteiger partial charge is 0.324 e. The Kier molecular flexibility index (Phi) is 2.64. The zero-order valence-electron chi connectivity index (χ0n) is 12.7. The van der Waals surface area contributed by atoms with Gasteiger partial charge in [0.25, 0.3) is 0 Å². The maximum Gasteiger partial charge on any atom is 0.0345 e. The van der Waals surface area contributed by atoms with Crippen LogP contribution in [-0.2, 0) is 0 Å². The topological polar surface area (TPSA) is 26.0 Å². The van der Waals surface area contributed by atoms with Crippen molar-refractivity contribution in [2.45, 2.75) is 32.7 Å². The Hall–Kier alpha value is -1.86. The van der Waals surface area contributed by atoms with E-state index in [1.54, 1.807) is 0 Å². The molecule has 0 aliphatic heterocycles. The van der Waals surface area contributed by atoms with E-state index in [1.165, 1.54) is 33.0 Å². The Balaban J connectivity index is 2.05. The predicted octanol–water partition coefficient (Wildman–Crippen LogP) is 4.98. The second-order valence-electron chi connectivity index (χ2n) is 6.94. The highest BCUT2D eigenvalue weighted by Crippen LogP contribution is 2.49. The average Bonchev–Trinajstić information content (AvgIpc) is 2.47. The molecule has 106 valence electrons. The lowest BCUT2D eigenvalue weighted by Gasteiger charge is -2.38. The first-order chi connectivity index (χ1) is 10.1. The SMILES string of the molecule is CC1(C)CC=CC2=C1CC(N)c1c2ccc2ccccc12. The van der Waals surface area contributed by atoms with E-state index in [2.05, 4.69) is 62.4 Å². The highest BCUT2D eigenvalue weighted by molar-refractivity contribution is 5.94. The summed E-state index contributed by atoms with van der Waals surface area (Å²) in [5.74, 6) is 0. The van der Waals surface area contributed by atoms with Crippen LogP contribution in [0.5, 0.6) is 0 Å². The Morgan fingerprint density at radius 3 is 2.76 bits per heavy atom. The highest BCUT2D eigenvalue weighted by Gasteiger charge is 2.34. The second-order valence-corrected chi connectivity index (χ2v) is 6.94. The van der Waals surface area contributed by atoms with E-state index in [0.29, 0.717) is 0 Å². The van der Waals surface area contributed by atoms with Crippen LogP contribution in [0.1, 0.15) is 43.9 Å². The summed E-state index contributed by atoms with van der Waals surface area (Å²) < 4.78 is 0. The molecule has 0 aromatic heterocycles. The summed E-state index contributed by atoms with van der Waals surface area (Å²) >= 11 is 0. The van der Waals surface area contributed by atoms with Crippen molar-refractivity contribution in [3.8, 4) is 0 Å². The molecule has 21 heavy (non-hydrogen) atoms. The van der Waals surface area contributed by atoms with E-state index in [-0.39, 0.29) is 11.5 Å². The molecule has 1 atom stereocenters. The Morgan fingerprint density at radius 1 is 1.10 bits per heavy atom. The summed E-state index contributed by atoms with van der Waals surface area (Å²) in [5, 5.41) is 2.60. The predicted molar refractivity (Wildman–Crippen MR) is 90.0 cm³/mol. The number of hydrogen-bond donors (Lipinski definition) is 1. The summed E-state index contributed by atoms with van der Waals surface area (Å²) in [6.07, 6.45) is 6.71. The fourth-order valence-electron chi connectivity index (χ4n) is 3.95. The minimum Gasteiger partial charge on any atom is -0.324 e. The van der Waals surface area contributed by atoms with Gasteiger partial charge in [0.2, 0.25) is 0 Å². The van der Waals surface area contributed by atoms with Crippen molar-refractivity contribution in [2.24, 2.45) is 11.1 Å². The minimum absolute atomic E-state index is 0.107. The summed E-state index contributed by atoms with van der Waals surface area (Å²) in [6.45, 7) is 4.68. The molecule has 1 nitrogen and oxygen atoms in total. The molecule has 0 bridgehead atoms. The van der Waals surface area contributed by atoms with Crippen LogP contribution in [0.15, 0.2) is 54.1 Å². The number of benzene rings is 2. The fraction of sp³-hybridized carbons (Fsp3) is 0.300. The zero-order chi connectivity index (χ0) is 14.6. The highest BCUT2D eigenvalue weighted by atomic mass is 14.6. The Bertz CT molecular complexity index is 793. The molecule has 2 aromatic rings. The van der Waals surface area contributed by atoms with Crippen LogP contribution < -0.4 is 5.73 Å². The van der Waals surface area contributed by atoms with Gasteiger partial charge in [0.15, 0.2) is 0 Å². The van der Waals surface area contributed by atoms with Crippen molar-refractivity contribution in [1.82, 2.24) is 0 Å². The molecule has 0 fully saturated rings. The maximum atomic E-state index is 6.58. The first-order valence-electron chi connectivity index (χ1n) is 7.76. The van der Waals surface area contributed by atoms with Gasteiger partial charge in [-0.15, -0.1) is 0 Å². The van der Waals surface area contributed by atoms with Gasteiger partial charge in [-0.25, -0.2) is 0 Å². The zero-order valence-corrected chi connectivity index (χ0v) is 12.7. The second kappa shape index (κ2) is 4.32. The summed E-state index contributed by atoms with van der Waals surface area (Å²) in [6, 6.07) is 13.2. The van der Waals surface area contributed by atoms with Crippen molar-refractivity contribution < 1.29 is 0 Å². The van der Waals surface area contributed by atoms with Crippen LogP contribution in [0.2, 0.25) is 0 Å². The summed E-state index contributed by atoms with van der Waals surface area (Å²) in [4.78, 5) is 0. The Labute approximate surface area is 126 Å². The third-order valence-electron chi connectivity index (χ3n) is 5.11. The number of nitrogens with two attached hydrogens (primary N) is 1. The molecule has 2 aromatic carbocycles. The van der Waals surface area contributed by atoms with Crippen molar-refractivity contribution in [2.75, 3.05) is 0 Å². The third kappa shape index (κ3) is 1.81. The van der Waals surface area contributed by atoms with Gasteiger partial charge in [0.05, 0.1) is 0 Å². The maximum absolute atomic E-state index is 6.58. The van der Waals surface area contributed by atoms with Gasteiger partial charge in [0, 0.05) is 6.04 Å². The lowest BCUT2D eigenvalue weighted by atomic mass is 9.67. The first-order valence-corrected chi connectivity index (χ1v) is 7.76. The van der Waals surface area contributed by atoms with Crippen molar-refractivity contribution in [3.05, 3.63) is 65.3 Å². The van der Waals surface area contributed by atoms with Gasteiger partial charge in [0.1, 0.15) is 0 Å². The van der Waals surface area contributed by atoms with Crippen LogP contribution >= 0.6 is 0 Å². The normalized spacial score (nSPS) is 23.1. The minimum atomic E-state index is 0.107. The standard InChI is InChI=1S/C20H21N/c1-20(2)11-5-8-15-16-10-9-13-6-3-4-7-14(13)19(16)18(21)12-17(15)20/h3-10,18H,11-12,21H2,1-2H3. The quantitative estimate of drug-likeness (QED) is 0.720. The first kappa shape index (κ1) is 12.8. The fourth-order valence-corrected chi connectivity index (χ4v) is 3.95. The van der Waals surface area contributed by atoms with Crippen molar-refractivity contribution in [1.29, 1.82) is 0 Å². The molecule has 2 aliphatic rings. The molecule has 0 radical (unpaired) electrons. The van der Waals surface area contributed by atoms with E-state index in [1.807, 2.05) is 0 Å². The van der Waals surface area contributed by atoms with Gasteiger partial charge in [-0.1, -0.05) is 68.0 Å². The molecule has 0 saturated heterocycles. The van der Waals surface area contributed by atoms with Crippen LogP contribution in [0.3, 0.4) is 0 Å². The summed E-state index contributed by atoms with van der Waals surface area (Å²) in [7, 11) is 0. The van der Waals surface area contributed by atoms with Crippen LogP contribution in [-0.4, -0.2) is 0 Å². The average molecular weight is 275 g/mol. The van der Waals surface area contributed by atoms with E-state index >= 15 is 0 Å². The molecule has 0 spiro atoms. The molecule has 2 N–H and O–H groups in total. The van der Waals surface area contributed by atoms with Crippen LogP contribution in [0.4, 0.5) is 0 Å². The molecular weight excluding hydrogens is 254 g/mol. The molecule has 1 heteroatoms. The number of allylic oxidation sites excluding steroid dienone is 3. The van der Waals surface area contributed by atoms with Gasteiger partial charge in [-0.3, -0.25) is 0 Å². The molecular formula is C20H21N. The van der Waals surface area contributed by atoms with E-state index in [4.69, 9.17) is 5.73 Å². The van der Waals surface area contributed by atoms with Crippen LogP contribution in [0, 0.1) is 5.41 Å². The Morgan fingerprint density at radius 2 is 1.90 bits per heavy atom. The third-order valence-corrected chi connectivity index (χ3v) is 5.11. The van der Waals surface area contributed by atoms with Gasteiger partial charge >= 0.3 is 0 Å². The molecule has 4 rings (SSSR count). The van der Waals surface area contributed by atoms with Crippen LogP contribution in [0.25, 0.3) is 16.3 Å². The number of rotatable bonds is 0. The van der Waals surface area contributed by atoms with E-state index < -0.39 is 0 Å². The van der Waals surface area contributed by atoms with E-state index in [9.17, 15) is 0 Å².